The van der Waals surface area contributed by atoms with Crippen LogP contribution in [0.2, 0.25) is 5.02 Å². The number of carbonyl (C=O) groups excluding carboxylic acids is 1. The summed E-state index contributed by atoms with van der Waals surface area (Å²) in [5, 5.41) is 13.7. The van der Waals surface area contributed by atoms with Crippen molar-refractivity contribution in [2.75, 3.05) is 6.54 Å². The van der Waals surface area contributed by atoms with Crippen molar-refractivity contribution in [2.24, 2.45) is 0 Å². The van der Waals surface area contributed by atoms with Gasteiger partial charge in [-0.15, -0.1) is 0 Å². The zero-order chi connectivity index (χ0) is 26.4. The highest BCUT2D eigenvalue weighted by Gasteiger charge is 2.41. The number of alkyl halides is 3. The molecule has 0 N–H and O–H groups in total. The Morgan fingerprint density at radius 1 is 1.22 bits per heavy atom. The van der Waals surface area contributed by atoms with Crippen LogP contribution < -0.4 is 4.74 Å². The predicted molar refractivity (Wildman–Crippen MR) is 124 cm³/mol. The minimum Gasteiger partial charge on any atom is -0.480 e. The molecule has 3 aromatic rings. The highest BCUT2D eigenvalue weighted by molar-refractivity contribution is 6.35. The lowest BCUT2D eigenvalue weighted by Gasteiger charge is -2.37. The Labute approximate surface area is 209 Å². The molecule has 0 fully saturated rings. The first kappa shape index (κ1) is 25.5. The van der Waals surface area contributed by atoms with Gasteiger partial charge in [-0.1, -0.05) is 25.4 Å². The summed E-state index contributed by atoms with van der Waals surface area (Å²) in [4.78, 5) is 15.1. The third kappa shape index (κ3) is 4.75. The maximum atomic E-state index is 13.7. The van der Waals surface area contributed by atoms with E-state index in [1.165, 1.54) is 23.1 Å². The van der Waals surface area contributed by atoms with E-state index in [-0.39, 0.29) is 40.8 Å². The van der Waals surface area contributed by atoms with Gasteiger partial charge in [-0.3, -0.25) is 4.79 Å². The Morgan fingerprint density at radius 3 is 2.50 bits per heavy atom. The topological polar surface area (TPSA) is 71.2 Å². The van der Waals surface area contributed by atoms with Gasteiger partial charge in [-0.05, 0) is 43.3 Å². The van der Waals surface area contributed by atoms with E-state index in [0.29, 0.717) is 11.3 Å². The van der Waals surface area contributed by atoms with Crippen LogP contribution in [0.4, 0.5) is 17.6 Å². The van der Waals surface area contributed by atoms with Gasteiger partial charge in [0.15, 0.2) is 6.10 Å². The van der Waals surface area contributed by atoms with Crippen LogP contribution in [-0.2, 0) is 12.0 Å². The summed E-state index contributed by atoms with van der Waals surface area (Å²) in [5.74, 6) is -1.42. The van der Waals surface area contributed by atoms with Crippen LogP contribution in [-0.4, -0.2) is 39.4 Å². The van der Waals surface area contributed by atoms with Gasteiger partial charge in [0, 0.05) is 30.3 Å². The van der Waals surface area contributed by atoms with Crippen molar-refractivity contribution in [1.29, 1.82) is 5.26 Å². The Balaban J connectivity index is 1.72. The molecule has 1 aliphatic rings. The van der Waals surface area contributed by atoms with Crippen molar-refractivity contribution in [3.05, 3.63) is 75.8 Å². The van der Waals surface area contributed by atoms with Crippen LogP contribution in [0.1, 0.15) is 48.0 Å². The molecule has 0 saturated carbocycles. The molecule has 2 aromatic carbocycles. The van der Waals surface area contributed by atoms with E-state index in [0.717, 1.165) is 18.7 Å². The first-order valence-electron chi connectivity index (χ1n) is 10.9. The lowest BCUT2D eigenvalue weighted by atomic mass is 9.83. The fourth-order valence-electron chi connectivity index (χ4n) is 4.14. The maximum absolute atomic E-state index is 13.7. The lowest BCUT2D eigenvalue weighted by Crippen LogP contribution is -2.45. The molecule has 0 aliphatic carbocycles. The normalized spacial score (nSPS) is 15.7. The van der Waals surface area contributed by atoms with Crippen LogP contribution in [0.15, 0.2) is 42.6 Å². The van der Waals surface area contributed by atoms with Crippen LogP contribution in [0, 0.1) is 17.1 Å². The van der Waals surface area contributed by atoms with Crippen molar-refractivity contribution >= 4 is 17.5 Å². The predicted octanol–water partition coefficient (Wildman–Crippen LogP) is 5.80. The Hall–Kier alpha value is -3.58. The first-order chi connectivity index (χ1) is 16.8. The molecule has 0 saturated heterocycles. The summed E-state index contributed by atoms with van der Waals surface area (Å²) < 4.78 is 59.5. The number of nitriles is 1. The molecule has 4 rings (SSSR count). The summed E-state index contributed by atoms with van der Waals surface area (Å²) in [5.41, 5.74) is 1.07. The van der Waals surface area contributed by atoms with Crippen molar-refractivity contribution in [3.63, 3.8) is 0 Å². The van der Waals surface area contributed by atoms with Crippen molar-refractivity contribution in [3.8, 4) is 17.5 Å². The molecule has 1 amide bonds. The smallest absolute Gasteiger partial charge is 0.425 e. The first-order valence-corrected chi connectivity index (χ1v) is 11.3. The quantitative estimate of drug-likeness (QED) is 0.408. The van der Waals surface area contributed by atoms with Gasteiger partial charge < -0.3 is 9.64 Å². The lowest BCUT2D eigenvalue weighted by molar-refractivity contribution is -0.189. The van der Waals surface area contributed by atoms with E-state index >= 15 is 0 Å². The summed E-state index contributed by atoms with van der Waals surface area (Å²) in [7, 11) is 0. The Bertz CT molecular complexity index is 1360. The number of ether oxygens (including phenoxy) is 1. The molecule has 1 aromatic heterocycles. The van der Waals surface area contributed by atoms with Gasteiger partial charge in [0.2, 0.25) is 0 Å². The molecule has 6 nitrogen and oxygen atoms in total. The fraction of sp³-hybridized carbons (Fsp3) is 0.320. The second kappa shape index (κ2) is 9.13. The molecule has 2 heterocycles. The zero-order valence-corrected chi connectivity index (χ0v) is 20.3. The van der Waals surface area contributed by atoms with Crippen molar-refractivity contribution < 1.29 is 27.1 Å². The maximum Gasteiger partial charge on any atom is 0.425 e. The molecule has 1 atom stereocenters. The highest BCUT2D eigenvalue weighted by atomic mass is 35.5. The number of aromatic nitrogens is 2. The number of carbonyl (C=O) groups is 1. The zero-order valence-electron chi connectivity index (χ0n) is 19.5. The molecule has 0 spiro atoms. The average Bonchev–Trinajstić information content (AvgIpc) is 3.24. The average molecular weight is 521 g/mol. The van der Waals surface area contributed by atoms with Gasteiger partial charge >= 0.3 is 6.18 Å². The molecule has 1 aliphatic heterocycles. The van der Waals surface area contributed by atoms with Crippen LogP contribution >= 0.6 is 11.6 Å². The molecular formula is C25H21ClF4N4O2. The molecular weight excluding hydrogens is 500 g/mol. The molecule has 11 heteroatoms. The third-order valence-corrected chi connectivity index (χ3v) is 6.35. The van der Waals surface area contributed by atoms with Crippen LogP contribution in [0.3, 0.4) is 0 Å². The molecule has 0 bridgehead atoms. The van der Waals surface area contributed by atoms with E-state index in [9.17, 15) is 27.6 Å². The molecule has 0 radical (unpaired) electrons. The number of rotatable bonds is 4. The SMILES string of the molecule is CC(Oc1ccc(C#N)c(Cl)c1C(=O)N1Cc2cn(-c3ccc(F)cc3)nc2C(C)(C)C1)C(F)(F)F. The fourth-order valence-corrected chi connectivity index (χ4v) is 4.42. The van der Waals surface area contributed by atoms with Crippen molar-refractivity contribution in [2.45, 2.75) is 45.0 Å². The van der Waals surface area contributed by atoms with Crippen LogP contribution in [0.5, 0.6) is 5.75 Å². The van der Waals surface area contributed by atoms with Crippen LogP contribution in [0.25, 0.3) is 5.69 Å². The van der Waals surface area contributed by atoms with E-state index in [2.05, 4.69) is 5.10 Å². The number of nitrogens with zero attached hydrogens (tertiary/aromatic N) is 4. The summed E-state index contributed by atoms with van der Waals surface area (Å²) in [6.07, 6.45) is -5.15. The molecule has 188 valence electrons. The summed E-state index contributed by atoms with van der Waals surface area (Å²) >= 11 is 6.32. The Morgan fingerprint density at radius 2 is 1.89 bits per heavy atom. The summed E-state index contributed by atoms with van der Waals surface area (Å²) in [6.45, 7) is 4.86. The standard InChI is InChI=1S/C25H21ClF4N4O2/c1-14(25(28,29)30)36-19-9-4-15(10-31)21(26)20(19)23(35)33-11-16-12-34(18-7-5-17(27)6-8-18)32-22(16)24(2,3)13-33/h4-9,12,14H,11,13H2,1-3H3. The number of hydrogen-bond donors (Lipinski definition) is 0. The largest absolute Gasteiger partial charge is 0.480 e. The number of benzene rings is 2. The van der Waals surface area contributed by atoms with Crippen molar-refractivity contribution in [1.82, 2.24) is 14.7 Å². The van der Waals surface area contributed by atoms with Gasteiger partial charge in [0.25, 0.3) is 5.91 Å². The highest BCUT2D eigenvalue weighted by Crippen LogP contribution is 2.38. The minimum absolute atomic E-state index is 0.0619. The molecule has 36 heavy (non-hydrogen) atoms. The van der Waals surface area contributed by atoms with E-state index in [1.807, 2.05) is 19.9 Å². The van der Waals surface area contributed by atoms with E-state index in [4.69, 9.17) is 16.3 Å². The number of halogens is 5. The van der Waals surface area contributed by atoms with Gasteiger partial charge in [-0.25, -0.2) is 9.07 Å². The monoisotopic (exact) mass is 520 g/mol. The van der Waals surface area contributed by atoms with Gasteiger partial charge in [-0.2, -0.15) is 23.5 Å². The number of fused-ring (bicyclic) bond motifs is 1. The van der Waals surface area contributed by atoms with Gasteiger partial charge in [0.1, 0.15) is 23.2 Å². The molecule has 1 unspecified atom stereocenters. The second-order valence-corrected chi connectivity index (χ2v) is 9.56. The summed E-state index contributed by atoms with van der Waals surface area (Å²) in [6, 6.07) is 9.96. The van der Waals surface area contributed by atoms with Gasteiger partial charge in [0.05, 0.1) is 22.0 Å². The second-order valence-electron chi connectivity index (χ2n) is 9.18. The third-order valence-electron chi connectivity index (χ3n) is 5.96. The number of hydrogen-bond acceptors (Lipinski definition) is 4. The van der Waals surface area contributed by atoms with E-state index < -0.39 is 23.6 Å². The Kier molecular flexibility index (Phi) is 6.47. The number of amides is 1. The van der Waals surface area contributed by atoms with E-state index in [1.54, 1.807) is 23.0 Å². The minimum atomic E-state index is -4.67.